The minimum absolute atomic E-state index is 0.484. The van der Waals surface area contributed by atoms with E-state index >= 15 is 0 Å². The molecular formula is C11H20N4O2. The van der Waals surface area contributed by atoms with Crippen molar-refractivity contribution in [3.63, 3.8) is 0 Å². The molecule has 17 heavy (non-hydrogen) atoms. The zero-order valence-electron chi connectivity index (χ0n) is 10.2. The van der Waals surface area contributed by atoms with Gasteiger partial charge < -0.3 is 19.8 Å². The number of hydrogen-bond acceptors (Lipinski definition) is 6. The standard InChI is InChI=1S/C11H20N4O2/c1-12-7-10-14-15-11(17-10)13-5-2-6-16-8-9-3-4-9/h9,12H,2-8H2,1H3,(H,13,15). The molecule has 0 aliphatic heterocycles. The van der Waals surface area contributed by atoms with E-state index in [4.69, 9.17) is 9.15 Å². The van der Waals surface area contributed by atoms with E-state index in [2.05, 4.69) is 20.8 Å². The van der Waals surface area contributed by atoms with Crippen molar-refractivity contribution in [3.05, 3.63) is 5.89 Å². The first-order valence-corrected chi connectivity index (χ1v) is 6.17. The highest BCUT2D eigenvalue weighted by molar-refractivity contribution is 5.16. The highest BCUT2D eigenvalue weighted by Gasteiger charge is 2.20. The molecule has 0 spiro atoms. The van der Waals surface area contributed by atoms with Crippen LogP contribution in [0.15, 0.2) is 4.42 Å². The molecule has 0 atom stereocenters. The third-order valence-corrected chi connectivity index (χ3v) is 2.59. The largest absolute Gasteiger partial charge is 0.407 e. The topological polar surface area (TPSA) is 72.2 Å². The van der Waals surface area contributed by atoms with E-state index in [0.29, 0.717) is 18.5 Å². The first kappa shape index (κ1) is 12.3. The van der Waals surface area contributed by atoms with Crippen molar-refractivity contribution in [1.29, 1.82) is 0 Å². The summed E-state index contributed by atoms with van der Waals surface area (Å²) < 4.78 is 10.9. The Kier molecular flexibility index (Phi) is 4.75. The van der Waals surface area contributed by atoms with Gasteiger partial charge in [0.2, 0.25) is 5.89 Å². The lowest BCUT2D eigenvalue weighted by atomic mass is 10.4. The maximum Gasteiger partial charge on any atom is 0.315 e. The molecule has 0 amide bonds. The van der Waals surface area contributed by atoms with Gasteiger partial charge in [0, 0.05) is 19.8 Å². The van der Waals surface area contributed by atoms with E-state index < -0.39 is 0 Å². The maximum atomic E-state index is 5.52. The Morgan fingerprint density at radius 3 is 3.06 bits per heavy atom. The Bertz CT molecular complexity index is 325. The number of rotatable bonds is 9. The molecule has 6 nitrogen and oxygen atoms in total. The first-order valence-electron chi connectivity index (χ1n) is 6.17. The molecule has 1 heterocycles. The normalized spacial score (nSPS) is 15.1. The van der Waals surface area contributed by atoms with Crippen LogP contribution >= 0.6 is 0 Å². The predicted octanol–water partition coefficient (Wildman–Crippen LogP) is 1.02. The molecular weight excluding hydrogens is 220 g/mol. The molecule has 96 valence electrons. The van der Waals surface area contributed by atoms with Gasteiger partial charge in [-0.1, -0.05) is 5.10 Å². The van der Waals surface area contributed by atoms with Gasteiger partial charge in [0.25, 0.3) is 0 Å². The third kappa shape index (κ3) is 4.70. The van der Waals surface area contributed by atoms with Crippen molar-refractivity contribution in [2.24, 2.45) is 5.92 Å². The molecule has 0 saturated heterocycles. The summed E-state index contributed by atoms with van der Waals surface area (Å²) in [5.74, 6) is 1.43. The van der Waals surface area contributed by atoms with Crippen molar-refractivity contribution < 1.29 is 9.15 Å². The van der Waals surface area contributed by atoms with Crippen molar-refractivity contribution in [3.8, 4) is 0 Å². The van der Waals surface area contributed by atoms with Crippen LogP contribution in [-0.4, -0.2) is 37.0 Å². The monoisotopic (exact) mass is 240 g/mol. The van der Waals surface area contributed by atoms with Gasteiger partial charge in [-0.3, -0.25) is 0 Å². The number of hydrogen-bond donors (Lipinski definition) is 2. The molecule has 6 heteroatoms. The van der Waals surface area contributed by atoms with E-state index in [9.17, 15) is 0 Å². The van der Waals surface area contributed by atoms with E-state index in [-0.39, 0.29) is 0 Å². The van der Waals surface area contributed by atoms with Crippen LogP contribution in [-0.2, 0) is 11.3 Å². The number of nitrogens with one attached hydrogen (secondary N) is 2. The number of nitrogens with zero attached hydrogens (tertiary/aromatic N) is 2. The highest BCUT2D eigenvalue weighted by Crippen LogP contribution is 2.28. The van der Waals surface area contributed by atoms with Crippen molar-refractivity contribution in [2.75, 3.05) is 32.1 Å². The molecule has 0 aromatic carbocycles. The van der Waals surface area contributed by atoms with Crippen molar-refractivity contribution in [1.82, 2.24) is 15.5 Å². The lowest BCUT2D eigenvalue weighted by Gasteiger charge is -2.03. The second-order valence-corrected chi connectivity index (χ2v) is 4.33. The summed E-state index contributed by atoms with van der Waals surface area (Å²) in [7, 11) is 1.84. The Morgan fingerprint density at radius 1 is 1.41 bits per heavy atom. The molecule has 0 unspecified atom stereocenters. The van der Waals surface area contributed by atoms with Crippen LogP contribution in [0, 0.1) is 5.92 Å². The van der Waals surface area contributed by atoms with Crippen LogP contribution in [0.4, 0.5) is 6.01 Å². The van der Waals surface area contributed by atoms with Gasteiger partial charge in [-0.2, -0.15) is 0 Å². The van der Waals surface area contributed by atoms with Gasteiger partial charge in [-0.05, 0) is 32.2 Å². The molecule has 1 aliphatic carbocycles. The molecule has 1 fully saturated rings. The van der Waals surface area contributed by atoms with E-state index in [0.717, 1.165) is 32.1 Å². The molecule has 1 aliphatic rings. The summed E-state index contributed by atoms with van der Waals surface area (Å²) >= 11 is 0. The minimum Gasteiger partial charge on any atom is -0.407 e. The van der Waals surface area contributed by atoms with Crippen LogP contribution in [0.1, 0.15) is 25.2 Å². The number of aromatic nitrogens is 2. The lowest BCUT2D eigenvalue weighted by molar-refractivity contribution is 0.124. The third-order valence-electron chi connectivity index (χ3n) is 2.59. The Morgan fingerprint density at radius 2 is 2.29 bits per heavy atom. The first-order chi connectivity index (χ1) is 8.38. The van der Waals surface area contributed by atoms with Crippen LogP contribution in [0.25, 0.3) is 0 Å². The van der Waals surface area contributed by atoms with Crippen LogP contribution in [0.5, 0.6) is 0 Å². The molecule has 1 aromatic rings. The zero-order valence-corrected chi connectivity index (χ0v) is 10.2. The van der Waals surface area contributed by atoms with Crippen LogP contribution in [0.3, 0.4) is 0 Å². The molecule has 1 saturated carbocycles. The van der Waals surface area contributed by atoms with E-state index in [1.54, 1.807) is 0 Å². The molecule has 0 bridgehead atoms. The second-order valence-electron chi connectivity index (χ2n) is 4.33. The van der Waals surface area contributed by atoms with Crippen LogP contribution < -0.4 is 10.6 Å². The number of ether oxygens (including phenoxy) is 1. The van der Waals surface area contributed by atoms with Crippen molar-refractivity contribution in [2.45, 2.75) is 25.8 Å². The van der Waals surface area contributed by atoms with Gasteiger partial charge in [0.05, 0.1) is 6.54 Å². The second kappa shape index (κ2) is 6.56. The SMILES string of the molecule is CNCc1nnc(NCCCOCC2CC2)o1. The van der Waals surface area contributed by atoms with Gasteiger partial charge in [0.15, 0.2) is 0 Å². The Hall–Kier alpha value is -1.14. The highest BCUT2D eigenvalue weighted by atomic mass is 16.5. The van der Waals surface area contributed by atoms with Gasteiger partial charge in [0.1, 0.15) is 0 Å². The molecule has 0 radical (unpaired) electrons. The molecule has 1 aromatic heterocycles. The fourth-order valence-electron chi connectivity index (χ4n) is 1.45. The summed E-state index contributed by atoms with van der Waals surface area (Å²) in [4.78, 5) is 0. The Balaban J connectivity index is 1.50. The average molecular weight is 240 g/mol. The van der Waals surface area contributed by atoms with Gasteiger partial charge in [-0.15, -0.1) is 5.10 Å². The number of anilines is 1. The van der Waals surface area contributed by atoms with Gasteiger partial charge >= 0.3 is 6.01 Å². The predicted molar refractivity (Wildman–Crippen MR) is 63.7 cm³/mol. The van der Waals surface area contributed by atoms with Crippen molar-refractivity contribution >= 4 is 6.01 Å². The minimum atomic E-state index is 0.484. The maximum absolute atomic E-state index is 5.52. The fraction of sp³-hybridized carbons (Fsp3) is 0.818. The van der Waals surface area contributed by atoms with Crippen LogP contribution in [0.2, 0.25) is 0 Å². The zero-order chi connectivity index (χ0) is 11.9. The Labute approximate surface area is 101 Å². The summed E-state index contributed by atoms with van der Waals surface area (Å²) in [5.41, 5.74) is 0. The lowest BCUT2D eigenvalue weighted by Crippen LogP contribution is -2.07. The molecule has 2 N–H and O–H groups in total. The average Bonchev–Trinajstić information content (AvgIpc) is 3.05. The summed E-state index contributed by atoms with van der Waals surface area (Å²) in [6.07, 6.45) is 3.64. The smallest absolute Gasteiger partial charge is 0.315 e. The quantitative estimate of drug-likeness (QED) is 0.628. The molecule has 2 rings (SSSR count). The fourth-order valence-corrected chi connectivity index (χ4v) is 1.45. The summed E-state index contributed by atoms with van der Waals surface area (Å²) in [6.45, 7) is 3.11. The summed E-state index contributed by atoms with van der Waals surface area (Å²) in [6, 6.07) is 0.484. The van der Waals surface area contributed by atoms with Gasteiger partial charge in [-0.25, -0.2) is 0 Å². The van der Waals surface area contributed by atoms with E-state index in [1.165, 1.54) is 12.8 Å². The summed E-state index contributed by atoms with van der Waals surface area (Å²) in [5, 5.41) is 13.8. The van der Waals surface area contributed by atoms with E-state index in [1.807, 2.05) is 7.05 Å².